The molecule has 1 fully saturated rings. The predicted molar refractivity (Wildman–Crippen MR) is 118 cm³/mol. The van der Waals surface area contributed by atoms with Crippen molar-refractivity contribution in [1.82, 2.24) is 4.90 Å². The molecule has 0 saturated heterocycles. The molecule has 2 N–H and O–H groups in total. The number of nitrogens with zero attached hydrogens (tertiary/aromatic N) is 1. The van der Waals surface area contributed by atoms with E-state index >= 15 is 0 Å². The molecule has 2 amide bonds. The number of anilines is 2. The minimum Gasteiger partial charge on any atom is -0.361 e. The number of para-hydroxylation sites is 1. The number of halogens is 1. The highest BCUT2D eigenvalue weighted by Crippen LogP contribution is 2.41. The lowest BCUT2D eigenvalue weighted by molar-refractivity contribution is 0.0666. The molecule has 30 heavy (non-hydrogen) atoms. The average Bonchev–Trinajstić information content (AvgIpc) is 3.59. The third kappa shape index (κ3) is 3.42. The van der Waals surface area contributed by atoms with E-state index in [2.05, 4.69) is 10.6 Å². The maximum absolute atomic E-state index is 13.2. The molecule has 5 nitrogen and oxygen atoms in total. The van der Waals surface area contributed by atoms with Crippen LogP contribution in [0.2, 0.25) is 5.02 Å². The van der Waals surface area contributed by atoms with Gasteiger partial charge in [0, 0.05) is 17.4 Å². The number of carbonyl (C=O) groups excluding carboxylic acids is 2. The Morgan fingerprint density at radius 2 is 1.77 bits per heavy atom. The maximum Gasteiger partial charge on any atom is 0.258 e. The summed E-state index contributed by atoms with van der Waals surface area (Å²) in [6.45, 7) is 0. The molecule has 3 aromatic rings. The largest absolute Gasteiger partial charge is 0.361 e. The molecular formula is C24H20ClN3O2. The fraction of sp³-hybridized carbons (Fsp3) is 0.167. The van der Waals surface area contributed by atoms with Gasteiger partial charge >= 0.3 is 0 Å². The van der Waals surface area contributed by atoms with Crippen LogP contribution in [0, 0.1) is 0 Å². The summed E-state index contributed by atoms with van der Waals surface area (Å²) in [4.78, 5) is 27.7. The molecule has 0 spiro atoms. The molecule has 0 radical (unpaired) electrons. The van der Waals surface area contributed by atoms with Crippen LogP contribution in [0.25, 0.3) is 0 Å². The van der Waals surface area contributed by atoms with Gasteiger partial charge in [0.25, 0.3) is 11.8 Å². The van der Waals surface area contributed by atoms with Gasteiger partial charge in [-0.15, -0.1) is 0 Å². The summed E-state index contributed by atoms with van der Waals surface area (Å²) < 4.78 is 0. The second kappa shape index (κ2) is 7.50. The third-order valence-electron chi connectivity index (χ3n) is 5.48. The molecule has 6 heteroatoms. The van der Waals surface area contributed by atoms with E-state index in [4.69, 9.17) is 11.6 Å². The van der Waals surface area contributed by atoms with Crippen LogP contribution in [0.4, 0.5) is 11.4 Å². The number of hydrogen-bond donors (Lipinski definition) is 2. The average molecular weight is 418 g/mol. The zero-order valence-corrected chi connectivity index (χ0v) is 16.9. The monoisotopic (exact) mass is 417 g/mol. The van der Waals surface area contributed by atoms with Crippen LogP contribution in [-0.2, 0) is 0 Å². The van der Waals surface area contributed by atoms with Crippen LogP contribution < -0.4 is 10.6 Å². The predicted octanol–water partition coefficient (Wildman–Crippen LogP) is 5.32. The molecule has 3 aromatic carbocycles. The number of amides is 2. The highest BCUT2D eigenvalue weighted by atomic mass is 35.5. The maximum atomic E-state index is 13.2. The van der Waals surface area contributed by atoms with E-state index < -0.39 is 0 Å². The third-order valence-corrected chi connectivity index (χ3v) is 5.81. The smallest absolute Gasteiger partial charge is 0.258 e. The molecule has 5 rings (SSSR count). The first-order chi connectivity index (χ1) is 14.6. The van der Waals surface area contributed by atoms with Crippen LogP contribution in [0.5, 0.6) is 0 Å². The van der Waals surface area contributed by atoms with Gasteiger partial charge in [-0.3, -0.25) is 9.59 Å². The molecular weight excluding hydrogens is 398 g/mol. The zero-order valence-electron chi connectivity index (χ0n) is 16.1. The number of benzene rings is 3. The number of nitrogens with one attached hydrogen (secondary N) is 2. The van der Waals surface area contributed by atoms with Crippen LogP contribution in [0.3, 0.4) is 0 Å². The topological polar surface area (TPSA) is 61.4 Å². The van der Waals surface area contributed by atoms with Gasteiger partial charge in [-0.2, -0.15) is 0 Å². The Balaban J connectivity index is 1.45. The Hall–Kier alpha value is -3.31. The number of rotatable bonds is 4. The van der Waals surface area contributed by atoms with E-state index in [0.29, 0.717) is 21.8 Å². The normalized spacial score (nSPS) is 17.8. The van der Waals surface area contributed by atoms with E-state index in [1.165, 1.54) is 0 Å². The lowest BCUT2D eigenvalue weighted by atomic mass is 10.0. The Morgan fingerprint density at radius 3 is 2.57 bits per heavy atom. The second-order valence-electron chi connectivity index (χ2n) is 7.60. The van der Waals surface area contributed by atoms with Crippen molar-refractivity contribution in [3.63, 3.8) is 0 Å². The summed E-state index contributed by atoms with van der Waals surface area (Å²) in [5.74, 6) is -0.225. The van der Waals surface area contributed by atoms with Gasteiger partial charge in [-0.05, 0) is 54.8 Å². The quantitative estimate of drug-likeness (QED) is 0.603. The summed E-state index contributed by atoms with van der Waals surface area (Å²) in [6.07, 6.45) is 1.74. The minimum absolute atomic E-state index is 0.0438. The minimum atomic E-state index is -0.280. The molecule has 1 aliphatic carbocycles. The lowest BCUT2D eigenvalue weighted by Crippen LogP contribution is -2.44. The van der Waals surface area contributed by atoms with Crippen LogP contribution in [-0.4, -0.2) is 22.8 Å². The van der Waals surface area contributed by atoms with Gasteiger partial charge in [0.2, 0.25) is 0 Å². The van der Waals surface area contributed by atoms with Crippen molar-refractivity contribution < 1.29 is 9.59 Å². The Morgan fingerprint density at radius 1 is 1.00 bits per heavy atom. The van der Waals surface area contributed by atoms with Crippen LogP contribution in [0.15, 0.2) is 72.8 Å². The van der Waals surface area contributed by atoms with Crippen molar-refractivity contribution in [1.29, 1.82) is 0 Å². The first-order valence-electron chi connectivity index (χ1n) is 9.96. The number of hydrogen-bond acceptors (Lipinski definition) is 3. The van der Waals surface area contributed by atoms with Gasteiger partial charge in [-0.1, -0.05) is 48.0 Å². The van der Waals surface area contributed by atoms with Gasteiger partial charge in [0.15, 0.2) is 0 Å². The summed E-state index contributed by atoms with van der Waals surface area (Å²) in [5.41, 5.74) is 3.52. The number of carbonyl (C=O) groups is 2. The SMILES string of the molecule is O=C(Nc1cccc([C@H]2Nc3ccccc3C(=O)N2C2CC2)c1)c1ccccc1Cl. The molecule has 1 heterocycles. The summed E-state index contributed by atoms with van der Waals surface area (Å²) in [6, 6.07) is 22.4. The molecule has 2 aliphatic rings. The first kappa shape index (κ1) is 18.7. The van der Waals surface area contributed by atoms with E-state index in [-0.39, 0.29) is 24.0 Å². The van der Waals surface area contributed by atoms with Crippen LogP contribution >= 0.6 is 11.6 Å². The van der Waals surface area contributed by atoms with Gasteiger partial charge in [0.1, 0.15) is 6.17 Å². The molecule has 0 bridgehead atoms. The molecule has 1 aliphatic heterocycles. The van der Waals surface area contributed by atoms with E-state index in [0.717, 1.165) is 24.1 Å². The first-order valence-corrected chi connectivity index (χ1v) is 10.3. The summed E-state index contributed by atoms with van der Waals surface area (Å²) in [5, 5.41) is 6.83. The fourth-order valence-corrected chi connectivity index (χ4v) is 4.09. The Kier molecular flexibility index (Phi) is 4.68. The van der Waals surface area contributed by atoms with Crippen LogP contribution in [0.1, 0.15) is 45.3 Å². The van der Waals surface area contributed by atoms with Crippen molar-refractivity contribution in [3.05, 3.63) is 94.5 Å². The molecule has 150 valence electrons. The van der Waals surface area contributed by atoms with Crippen molar-refractivity contribution in [3.8, 4) is 0 Å². The van der Waals surface area contributed by atoms with Gasteiger partial charge < -0.3 is 15.5 Å². The fourth-order valence-electron chi connectivity index (χ4n) is 3.87. The summed E-state index contributed by atoms with van der Waals surface area (Å²) >= 11 is 6.15. The van der Waals surface area contributed by atoms with Crippen molar-refractivity contribution in [2.24, 2.45) is 0 Å². The van der Waals surface area contributed by atoms with E-state index in [1.807, 2.05) is 53.4 Å². The van der Waals surface area contributed by atoms with Crippen molar-refractivity contribution in [2.75, 3.05) is 10.6 Å². The Bertz CT molecular complexity index is 1140. The highest BCUT2D eigenvalue weighted by molar-refractivity contribution is 6.34. The van der Waals surface area contributed by atoms with Crippen molar-refractivity contribution in [2.45, 2.75) is 25.0 Å². The molecule has 0 unspecified atom stereocenters. The summed E-state index contributed by atoms with van der Waals surface area (Å²) in [7, 11) is 0. The lowest BCUT2D eigenvalue weighted by Gasteiger charge is -2.38. The second-order valence-corrected chi connectivity index (χ2v) is 8.00. The standard InChI is InChI=1S/C24H20ClN3O2/c25-20-10-3-1-8-18(20)23(29)26-16-7-5-6-15(14-16)22-27-21-11-4-2-9-19(21)24(30)28(22)17-12-13-17/h1-11,14,17,22,27H,12-13H2,(H,26,29)/t22-/m0/s1. The Labute approximate surface area is 179 Å². The van der Waals surface area contributed by atoms with E-state index in [9.17, 15) is 9.59 Å². The molecule has 1 atom stereocenters. The van der Waals surface area contributed by atoms with Crippen molar-refractivity contribution >= 4 is 34.8 Å². The van der Waals surface area contributed by atoms with E-state index in [1.54, 1.807) is 24.3 Å². The zero-order chi connectivity index (χ0) is 20.7. The highest BCUT2D eigenvalue weighted by Gasteiger charge is 2.42. The number of fused-ring (bicyclic) bond motifs is 1. The molecule has 0 aromatic heterocycles. The van der Waals surface area contributed by atoms with Gasteiger partial charge in [-0.25, -0.2) is 0 Å². The molecule has 1 saturated carbocycles. The van der Waals surface area contributed by atoms with Gasteiger partial charge in [0.05, 0.1) is 16.1 Å².